The highest BCUT2D eigenvalue weighted by molar-refractivity contribution is 7.89. The molecule has 41 heavy (non-hydrogen) atoms. The quantitative estimate of drug-likeness (QED) is 0.402. The number of aromatic nitrogens is 2. The summed E-state index contributed by atoms with van der Waals surface area (Å²) in [5.74, 6) is 1.09. The van der Waals surface area contributed by atoms with E-state index in [1.165, 1.54) is 11.4 Å². The van der Waals surface area contributed by atoms with Crippen LogP contribution in [0.4, 0.5) is 11.6 Å². The van der Waals surface area contributed by atoms with Gasteiger partial charge >= 0.3 is 0 Å². The minimum atomic E-state index is -3.72. The van der Waals surface area contributed by atoms with E-state index in [1.54, 1.807) is 42.6 Å². The Balaban J connectivity index is 1.33. The smallest absolute Gasteiger partial charge is 0.246 e. The van der Waals surface area contributed by atoms with Crippen molar-refractivity contribution in [3.8, 4) is 28.8 Å². The van der Waals surface area contributed by atoms with Crippen molar-refractivity contribution in [1.82, 2.24) is 19.2 Å². The molecule has 216 valence electrons. The van der Waals surface area contributed by atoms with E-state index in [4.69, 9.17) is 14.2 Å². The first-order valence-electron chi connectivity index (χ1n) is 13.5. The zero-order valence-electron chi connectivity index (χ0n) is 23.4. The number of nitrogens with one attached hydrogen (secondary N) is 1. The van der Waals surface area contributed by atoms with Crippen molar-refractivity contribution in [2.45, 2.75) is 36.3 Å². The summed E-state index contributed by atoms with van der Waals surface area (Å²) in [7, 11) is 1.64. The van der Waals surface area contributed by atoms with E-state index in [0.29, 0.717) is 54.9 Å². The van der Waals surface area contributed by atoms with Gasteiger partial charge in [-0.3, -0.25) is 0 Å². The maximum Gasteiger partial charge on any atom is 0.246 e. The number of nitriles is 1. The summed E-state index contributed by atoms with van der Waals surface area (Å²) < 4.78 is 45.2. The Bertz CT molecular complexity index is 1530. The highest BCUT2D eigenvalue weighted by Crippen LogP contribution is 2.33. The molecule has 0 amide bonds. The van der Waals surface area contributed by atoms with Crippen molar-refractivity contribution in [3.63, 3.8) is 0 Å². The summed E-state index contributed by atoms with van der Waals surface area (Å²) in [5, 5.41) is 12.9. The number of sulfonamides is 1. The summed E-state index contributed by atoms with van der Waals surface area (Å²) in [5.41, 5.74) is 2.36. The van der Waals surface area contributed by atoms with Gasteiger partial charge in [-0.2, -0.15) is 9.57 Å². The zero-order valence-corrected chi connectivity index (χ0v) is 24.2. The van der Waals surface area contributed by atoms with Crippen LogP contribution in [0.15, 0.2) is 53.6 Å². The number of anilines is 2. The molecule has 1 unspecified atom stereocenters. The van der Waals surface area contributed by atoms with Crippen LogP contribution < -0.4 is 14.8 Å². The number of nitrogens with zero attached hydrogens (tertiary/aromatic N) is 5. The highest BCUT2D eigenvalue weighted by Gasteiger charge is 2.35. The van der Waals surface area contributed by atoms with E-state index >= 15 is 0 Å². The van der Waals surface area contributed by atoms with Crippen LogP contribution in [0.25, 0.3) is 11.3 Å². The molecular weight excluding hydrogens is 544 g/mol. The molecule has 2 fully saturated rings. The van der Waals surface area contributed by atoms with E-state index in [1.807, 2.05) is 25.1 Å². The molecular formula is C29H34N6O5S. The van der Waals surface area contributed by atoms with Crippen LogP contribution in [-0.2, 0) is 14.8 Å². The fourth-order valence-electron chi connectivity index (χ4n) is 5.01. The number of methoxy groups -OCH3 is 1. The van der Waals surface area contributed by atoms with Gasteiger partial charge in [0.15, 0.2) is 0 Å². The lowest BCUT2D eigenvalue weighted by Crippen LogP contribution is -2.34. The van der Waals surface area contributed by atoms with E-state index in [-0.39, 0.29) is 22.8 Å². The maximum atomic E-state index is 13.4. The van der Waals surface area contributed by atoms with Crippen molar-refractivity contribution in [1.29, 1.82) is 5.26 Å². The van der Waals surface area contributed by atoms with Crippen LogP contribution in [0, 0.1) is 11.3 Å². The molecule has 1 aromatic heterocycles. The first-order valence-corrected chi connectivity index (χ1v) is 15.0. The fourth-order valence-corrected chi connectivity index (χ4v) is 6.64. The van der Waals surface area contributed by atoms with Crippen molar-refractivity contribution >= 4 is 21.7 Å². The van der Waals surface area contributed by atoms with Gasteiger partial charge in [0.1, 0.15) is 28.6 Å². The monoisotopic (exact) mass is 578 g/mol. The first kappa shape index (κ1) is 28.8. The third-order valence-corrected chi connectivity index (χ3v) is 9.31. The van der Waals surface area contributed by atoms with Gasteiger partial charge in [0.2, 0.25) is 16.0 Å². The number of hydrogen-bond donors (Lipinski definition) is 1. The third kappa shape index (κ3) is 6.44. The molecule has 0 aliphatic carbocycles. The second kappa shape index (κ2) is 12.4. The lowest BCUT2D eigenvalue weighted by Gasteiger charge is -2.23. The molecule has 0 spiro atoms. The molecule has 3 aromatic rings. The molecule has 2 saturated heterocycles. The molecule has 2 aliphatic heterocycles. The normalized spacial score (nSPS) is 18.3. The summed E-state index contributed by atoms with van der Waals surface area (Å²) in [6, 6.07) is 14.4. The second-order valence-electron chi connectivity index (χ2n) is 10.3. The van der Waals surface area contributed by atoms with Gasteiger partial charge in [-0.1, -0.05) is 0 Å². The molecule has 1 N–H and O–H groups in total. The lowest BCUT2D eigenvalue weighted by molar-refractivity contribution is 0.0254. The van der Waals surface area contributed by atoms with Crippen LogP contribution >= 0.6 is 0 Å². The van der Waals surface area contributed by atoms with Crippen LogP contribution in [0.3, 0.4) is 0 Å². The van der Waals surface area contributed by atoms with Crippen molar-refractivity contribution < 1.29 is 22.6 Å². The number of hydrogen-bond acceptors (Lipinski definition) is 10. The molecule has 12 heteroatoms. The highest BCUT2D eigenvalue weighted by atomic mass is 32.2. The standard InChI is InChI=1S/C29H34N6O5S/c1-34(2)23-9-13-35(19-23)41(36,37)28-7-5-22(17-27(28)38-3)32-29-31-12-8-25(33-29)20-4-6-26(21(16-20)18-30)40-24-10-14-39-15-11-24/h4-8,12,16-17,23-24H,9-11,13-15,19H2,1-3H3,(H,31,32,33). The van der Waals surface area contributed by atoms with Gasteiger partial charge in [0.05, 0.1) is 31.6 Å². The summed E-state index contributed by atoms with van der Waals surface area (Å²) in [6.07, 6.45) is 4.01. The van der Waals surface area contributed by atoms with Gasteiger partial charge in [-0.25, -0.2) is 18.4 Å². The molecule has 3 heterocycles. The number of ether oxygens (including phenoxy) is 3. The second-order valence-corrected chi connectivity index (χ2v) is 12.2. The van der Waals surface area contributed by atoms with Gasteiger partial charge in [0.25, 0.3) is 0 Å². The predicted octanol–water partition coefficient (Wildman–Crippen LogP) is 3.65. The Morgan fingerprint density at radius 1 is 1.10 bits per heavy atom. The number of benzene rings is 2. The largest absolute Gasteiger partial charge is 0.495 e. The summed E-state index contributed by atoms with van der Waals surface area (Å²) in [6.45, 7) is 2.21. The van der Waals surface area contributed by atoms with E-state index in [2.05, 4.69) is 21.4 Å². The van der Waals surface area contributed by atoms with Gasteiger partial charge in [-0.05, 0) is 56.9 Å². The molecule has 0 saturated carbocycles. The topological polar surface area (TPSA) is 130 Å². The average Bonchev–Trinajstić information content (AvgIpc) is 3.50. The molecule has 1 atom stereocenters. The Hall–Kier alpha value is -3.76. The minimum Gasteiger partial charge on any atom is -0.495 e. The third-order valence-electron chi connectivity index (χ3n) is 7.41. The first-order chi connectivity index (χ1) is 19.8. The van der Waals surface area contributed by atoms with Crippen molar-refractivity contribution in [2.75, 3.05) is 52.8 Å². The van der Waals surface area contributed by atoms with Crippen molar-refractivity contribution in [3.05, 3.63) is 54.2 Å². The Morgan fingerprint density at radius 2 is 1.90 bits per heavy atom. The molecule has 11 nitrogen and oxygen atoms in total. The molecule has 0 bridgehead atoms. The molecule has 0 radical (unpaired) electrons. The van der Waals surface area contributed by atoms with E-state index < -0.39 is 10.0 Å². The van der Waals surface area contributed by atoms with E-state index in [9.17, 15) is 13.7 Å². The summed E-state index contributed by atoms with van der Waals surface area (Å²) >= 11 is 0. The predicted molar refractivity (Wildman–Crippen MR) is 154 cm³/mol. The van der Waals surface area contributed by atoms with Gasteiger partial charge in [-0.15, -0.1) is 0 Å². The van der Waals surface area contributed by atoms with Crippen LogP contribution in [-0.4, -0.2) is 87.2 Å². The van der Waals surface area contributed by atoms with Gasteiger partial charge < -0.3 is 24.4 Å². The molecule has 2 aliphatic rings. The lowest BCUT2D eigenvalue weighted by atomic mass is 10.1. The molecule has 2 aromatic carbocycles. The Labute approximate surface area is 240 Å². The van der Waals surface area contributed by atoms with E-state index in [0.717, 1.165) is 24.8 Å². The Morgan fingerprint density at radius 3 is 2.61 bits per heavy atom. The van der Waals surface area contributed by atoms with Crippen molar-refractivity contribution in [2.24, 2.45) is 0 Å². The Kier molecular flexibility index (Phi) is 8.70. The summed E-state index contributed by atoms with van der Waals surface area (Å²) in [4.78, 5) is 11.1. The number of rotatable bonds is 9. The van der Waals surface area contributed by atoms with Gasteiger partial charge in [0, 0.05) is 55.5 Å². The fraction of sp³-hybridized carbons (Fsp3) is 0.414. The SMILES string of the molecule is COc1cc(Nc2nccc(-c3ccc(OC4CCOCC4)c(C#N)c3)n2)ccc1S(=O)(=O)N1CCC(N(C)C)C1. The maximum absolute atomic E-state index is 13.4. The van der Waals surface area contributed by atoms with Crippen LogP contribution in [0.1, 0.15) is 24.8 Å². The number of likely N-dealkylation sites (N-methyl/N-ethyl adjacent to an activating group) is 1. The average molecular weight is 579 g/mol. The zero-order chi connectivity index (χ0) is 29.0. The molecule has 5 rings (SSSR count). The van der Waals surface area contributed by atoms with Crippen LogP contribution in [0.5, 0.6) is 11.5 Å². The minimum absolute atomic E-state index is 0.0280. The van der Waals surface area contributed by atoms with Crippen LogP contribution in [0.2, 0.25) is 0 Å².